The molecule has 1 atom stereocenters. The summed E-state index contributed by atoms with van der Waals surface area (Å²) in [6.07, 6.45) is 0.990. The lowest BCUT2D eigenvalue weighted by Gasteiger charge is -2.13. The van der Waals surface area contributed by atoms with E-state index in [4.69, 9.17) is 10.5 Å². The first kappa shape index (κ1) is 15.2. The summed E-state index contributed by atoms with van der Waals surface area (Å²) in [7, 11) is 1.58. The summed E-state index contributed by atoms with van der Waals surface area (Å²) in [5.74, 6) is 1.35. The van der Waals surface area contributed by atoms with Crippen molar-refractivity contribution in [3.05, 3.63) is 11.9 Å². The third-order valence-corrected chi connectivity index (χ3v) is 2.39. The summed E-state index contributed by atoms with van der Waals surface area (Å²) in [5.41, 5.74) is 5.21. The van der Waals surface area contributed by atoms with E-state index in [0.717, 1.165) is 13.0 Å². The third-order valence-electron chi connectivity index (χ3n) is 2.39. The lowest BCUT2D eigenvalue weighted by Crippen LogP contribution is -2.32. The molecule has 1 heterocycles. The smallest absolute Gasteiger partial charge is 0.239 e. The highest BCUT2D eigenvalue weighted by Crippen LogP contribution is 2.13. The molecule has 0 aliphatic rings. The molecule has 1 rings (SSSR count). The summed E-state index contributed by atoms with van der Waals surface area (Å²) in [5, 5.41) is 6.11. The number of anilines is 2. The molecule has 7 heteroatoms. The van der Waals surface area contributed by atoms with Crippen LogP contribution in [0.25, 0.3) is 0 Å². The van der Waals surface area contributed by atoms with Gasteiger partial charge in [0, 0.05) is 19.7 Å². The Morgan fingerprint density at radius 1 is 1.47 bits per heavy atom. The molecule has 0 saturated heterocycles. The molecule has 106 valence electrons. The number of hydrogen-bond donors (Lipinski definition) is 3. The number of methoxy groups -OCH3 is 1. The van der Waals surface area contributed by atoms with Gasteiger partial charge in [0.25, 0.3) is 0 Å². The fraction of sp³-hybridized carbons (Fsp3) is 0.583. The van der Waals surface area contributed by atoms with Crippen LogP contribution < -0.4 is 16.4 Å². The van der Waals surface area contributed by atoms with Gasteiger partial charge in [-0.05, 0) is 13.3 Å². The quantitative estimate of drug-likeness (QED) is 0.641. The molecule has 0 spiro atoms. The maximum Gasteiger partial charge on any atom is 0.239 e. The van der Waals surface area contributed by atoms with Crippen molar-refractivity contribution in [3.8, 4) is 0 Å². The lowest BCUT2D eigenvalue weighted by molar-refractivity contribution is -0.118. The van der Waals surface area contributed by atoms with E-state index in [1.807, 2.05) is 0 Å². The summed E-state index contributed by atoms with van der Waals surface area (Å²) in [4.78, 5) is 19.6. The minimum Gasteiger partial charge on any atom is -0.377 e. The molecule has 0 aliphatic heterocycles. The van der Waals surface area contributed by atoms with E-state index in [9.17, 15) is 4.79 Å². The van der Waals surface area contributed by atoms with E-state index < -0.39 is 11.9 Å². The van der Waals surface area contributed by atoms with E-state index in [-0.39, 0.29) is 0 Å². The Kier molecular flexibility index (Phi) is 6.01. The summed E-state index contributed by atoms with van der Waals surface area (Å²) < 4.78 is 5.02. The van der Waals surface area contributed by atoms with Gasteiger partial charge in [-0.25, -0.2) is 9.97 Å². The monoisotopic (exact) mass is 267 g/mol. The van der Waals surface area contributed by atoms with Gasteiger partial charge >= 0.3 is 0 Å². The number of carbonyl (C=O) groups is 1. The van der Waals surface area contributed by atoms with Crippen LogP contribution in [0.2, 0.25) is 0 Å². The van der Waals surface area contributed by atoms with Gasteiger partial charge in [-0.1, -0.05) is 6.92 Å². The average molecular weight is 267 g/mol. The number of ether oxygens (including phenoxy) is 1. The normalized spacial score (nSPS) is 11.9. The second kappa shape index (κ2) is 7.52. The first-order chi connectivity index (χ1) is 9.06. The molecule has 7 nitrogen and oxygen atoms in total. The lowest BCUT2D eigenvalue weighted by atomic mass is 10.3. The molecule has 0 radical (unpaired) electrons. The SMILES string of the molecule is CCCNc1cc(NC(C)C(N)=O)nc(COC)n1. The fourth-order valence-corrected chi connectivity index (χ4v) is 1.40. The average Bonchev–Trinajstić information content (AvgIpc) is 2.36. The largest absolute Gasteiger partial charge is 0.377 e. The number of hydrogen-bond acceptors (Lipinski definition) is 6. The molecule has 1 aromatic rings. The molecule has 0 saturated carbocycles. The number of aromatic nitrogens is 2. The Morgan fingerprint density at radius 3 is 2.74 bits per heavy atom. The van der Waals surface area contributed by atoms with E-state index in [1.165, 1.54) is 0 Å². The van der Waals surface area contributed by atoms with Crippen LogP contribution >= 0.6 is 0 Å². The Labute approximate surface area is 113 Å². The van der Waals surface area contributed by atoms with Gasteiger partial charge in [0.1, 0.15) is 24.3 Å². The molecule has 1 amide bonds. The number of carbonyl (C=O) groups excluding carboxylic acids is 1. The number of rotatable bonds is 8. The van der Waals surface area contributed by atoms with Gasteiger partial charge in [-0.2, -0.15) is 0 Å². The molecule has 0 aliphatic carbocycles. The Balaban J connectivity index is 2.88. The van der Waals surface area contributed by atoms with E-state index in [2.05, 4.69) is 27.5 Å². The highest BCUT2D eigenvalue weighted by molar-refractivity contribution is 5.82. The van der Waals surface area contributed by atoms with Crippen LogP contribution in [-0.4, -0.2) is 35.6 Å². The second-order valence-electron chi connectivity index (χ2n) is 4.18. The van der Waals surface area contributed by atoms with Crippen molar-refractivity contribution in [1.29, 1.82) is 0 Å². The van der Waals surface area contributed by atoms with Crippen LogP contribution in [-0.2, 0) is 16.1 Å². The second-order valence-corrected chi connectivity index (χ2v) is 4.18. The minimum atomic E-state index is -0.496. The van der Waals surface area contributed by atoms with Crippen LogP contribution in [0.4, 0.5) is 11.6 Å². The van der Waals surface area contributed by atoms with Crippen molar-refractivity contribution >= 4 is 17.5 Å². The standard InChI is InChI=1S/C12H21N5O2/c1-4-5-14-9-6-10(15-8(2)12(13)18)17-11(16-9)7-19-3/h6,8H,4-5,7H2,1-3H3,(H2,13,18)(H2,14,15,16,17). The van der Waals surface area contributed by atoms with Gasteiger partial charge in [0.2, 0.25) is 5.91 Å². The van der Waals surface area contributed by atoms with Crippen molar-refractivity contribution in [2.75, 3.05) is 24.3 Å². The van der Waals surface area contributed by atoms with E-state index in [1.54, 1.807) is 20.1 Å². The maximum absolute atomic E-state index is 11.0. The molecule has 19 heavy (non-hydrogen) atoms. The summed E-state index contributed by atoms with van der Waals surface area (Å²) >= 11 is 0. The van der Waals surface area contributed by atoms with E-state index >= 15 is 0 Å². The summed E-state index contributed by atoms with van der Waals surface area (Å²) in [6.45, 7) is 4.87. The van der Waals surface area contributed by atoms with Crippen LogP contribution in [0.5, 0.6) is 0 Å². The molecule has 0 fully saturated rings. The molecule has 1 aromatic heterocycles. The highest BCUT2D eigenvalue weighted by Gasteiger charge is 2.11. The molecular formula is C12H21N5O2. The van der Waals surface area contributed by atoms with Crippen molar-refractivity contribution in [2.45, 2.75) is 32.9 Å². The minimum absolute atomic E-state index is 0.307. The van der Waals surface area contributed by atoms with Gasteiger partial charge < -0.3 is 21.1 Å². The molecular weight excluding hydrogens is 246 g/mol. The summed E-state index contributed by atoms with van der Waals surface area (Å²) in [6, 6.07) is 1.25. The third kappa shape index (κ3) is 5.09. The molecule has 1 unspecified atom stereocenters. The van der Waals surface area contributed by atoms with Crippen LogP contribution in [0, 0.1) is 0 Å². The van der Waals surface area contributed by atoms with Crippen molar-refractivity contribution in [2.24, 2.45) is 5.73 Å². The van der Waals surface area contributed by atoms with Crippen LogP contribution in [0.3, 0.4) is 0 Å². The van der Waals surface area contributed by atoms with Gasteiger partial charge in [0.15, 0.2) is 5.82 Å². The zero-order valence-corrected chi connectivity index (χ0v) is 11.6. The topological polar surface area (TPSA) is 102 Å². The Hall–Kier alpha value is -1.89. The predicted octanol–water partition coefficient (Wildman–Crippen LogP) is 0.731. The molecule has 4 N–H and O–H groups in total. The molecule has 0 bridgehead atoms. The zero-order chi connectivity index (χ0) is 14.3. The number of amides is 1. The van der Waals surface area contributed by atoms with Gasteiger partial charge in [-0.3, -0.25) is 4.79 Å². The fourth-order valence-electron chi connectivity index (χ4n) is 1.40. The number of nitrogens with two attached hydrogens (primary N) is 1. The van der Waals surface area contributed by atoms with Crippen molar-refractivity contribution in [3.63, 3.8) is 0 Å². The van der Waals surface area contributed by atoms with Crippen LogP contribution in [0.1, 0.15) is 26.1 Å². The van der Waals surface area contributed by atoms with Crippen molar-refractivity contribution in [1.82, 2.24) is 9.97 Å². The van der Waals surface area contributed by atoms with Gasteiger partial charge in [-0.15, -0.1) is 0 Å². The Morgan fingerprint density at radius 2 is 2.16 bits per heavy atom. The molecule has 0 aromatic carbocycles. The highest BCUT2D eigenvalue weighted by atomic mass is 16.5. The van der Waals surface area contributed by atoms with E-state index in [0.29, 0.717) is 24.1 Å². The number of nitrogens with zero attached hydrogens (tertiary/aromatic N) is 2. The van der Waals surface area contributed by atoms with Crippen LogP contribution in [0.15, 0.2) is 6.07 Å². The van der Waals surface area contributed by atoms with Gasteiger partial charge in [0.05, 0.1) is 0 Å². The maximum atomic E-state index is 11.0. The number of nitrogens with one attached hydrogen (secondary N) is 2. The number of primary amides is 1. The first-order valence-corrected chi connectivity index (χ1v) is 6.23. The first-order valence-electron chi connectivity index (χ1n) is 6.23. The van der Waals surface area contributed by atoms with Crippen molar-refractivity contribution < 1.29 is 9.53 Å². The zero-order valence-electron chi connectivity index (χ0n) is 11.6. The Bertz CT molecular complexity index is 425. The predicted molar refractivity (Wildman–Crippen MR) is 73.8 cm³/mol.